The summed E-state index contributed by atoms with van der Waals surface area (Å²) >= 11 is 0. The van der Waals surface area contributed by atoms with E-state index in [1.54, 1.807) is 13.3 Å². The summed E-state index contributed by atoms with van der Waals surface area (Å²) < 4.78 is 5.32. The largest absolute Gasteiger partial charge is 0.497 e. The molecule has 1 spiro atoms. The van der Waals surface area contributed by atoms with Crippen molar-refractivity contribution in [1.29, 1.82) is 0 Å². The molecule has 5 heteroatoms. The van der Waals surface area contributed by atoms with E-state index in [0.29, 0.717) is 0 Å². The first-order valence-electron chi connectivity index (χ1n) is 8.77. The van der Waals surface area contributed by atoms with Crippen molar-refractivity contribution >= 4 is 5.71 Å². The van der Waals surface area contributed by atoms with E-state index < -0.39 is 0 Å². The highest BCUT2D eigenvalue weighted by Crippen LogP contribution is 2.36. The van der Waals surface area contributed by atoms with E-state index in [9.17, 15) is 0 Å². The Morgan fingerprint density at radius 2 is 2.08 bits per heavy atom. The molecule has 2 aromatic rings. The maximum atomic E-state index is 5.90. The fourth-order valence-electron chi connectivity index (χ4n) is 3.63. The molecule has 1 fully saturated rings. The normalized spacial score (nSPS) is 19.5. The third-order valence-electron chi connectivity index (χ3n) is 5.14. The number of benzene rings is 1. The van der Waals surface area contributed by atoms with Crippen LogP contribution in [0.5, 0.6) is 5.75 Å². The first-order chi connectivity index (χ1) is 12.3. The first-order valence-corrected chi connectivity index (χ1v) is 8.77. The average Bonchev–Trinajstić information content (AvgIpc) is 3.09. The molecule has 0 unspecified atom stereocenters. The molecule has 2 aliphatic rings. The van der Waals surface area contributed by atoms with Gasteiger partial charge in [0.2, 0.25) is 0 Å². The van der Waals surface area contributed by atoms with Crippen LogP contribution in [0.2, 0.25) is 0 Å². The minimum atomic E-state index is -0.129. The second-order valence-corrected chi connectivity index (χ2v) is 6.86. The van der Waals surface area contributed by atoms with Gasteiger partial charge >= 0.3 is 0 Å². The lowest BCUT2D eigenvalue weighted by Gasteiger charge is -2.37. The molecular weight excluding hydrogens is 314 g/mol. The van der Waals surface area contributed by atoms with Gasteiger partial charge in [0.05, 0.1) is 12.8 Å². The van der Waals surface area contributed by atoms with Gasteiger partial charge in [-0.1, -0.05) is 17.3 Å². The fourth-order valence-corrected chi connectivity index (χ4v) is 3.63. The molecule has 0 saturated carbocycles. The van der Waals surface area contributed by atoms with Crippen molar-refractivity contribution < 1.29 is 9.57 Å². The number of likely N-dealkylation sites (tertiary alicyclic amines) is 1. The summed E-state index contributed by atoms with van der Waals surface area (Å²) in [7, 11) is 1.71. The summed E-state index contributed by atoms with van der Waals surface area (Å²) in [6.07, 6.45) is 6.53. The zero-order valence-corrected chi connectivity index (χ0v) is 14.5. The molecule has 25 heavy (non-hydrogen) atoms. The van der Waals surface area contributed by atoms with Crippen LogP contribution in [0.3, 0.4) is 0 Å². The quantitative estimate of drug-likeness (QED) is 0.859. The molecular formula is C20H23N3O2. The van der Waals surface area contributed by atoms with E-state index in [1.165, 1.54) is 5.56 Å². The number of nitrogens with zero attached hydrogens (tertiary/aromatic N) is 3. The van der Waals surface area contributed by atoms with E-state index in [1.807, 2.05) is 30.5 Å². The van der Waals surface area contributed by atoms with E-state index in [-0.39, 0.29) is 5.60 Å². The highest BCUT2D eigenvalue weighted by molar-refractivity contribution is 6.01. The molecule has 0 N–H and O–H groups in total. The lowest BCUT2D eigenvalue weighted by molar-refractivity contribution is -0.0627. The van der Waals surface area contributed by atoms with E-state index in [2.05, 4.69) is 27.2 Å². The molecule has 5 nitrogen and oxygen atoms in total. The van der Waals surface area contributed by atoms with Crippen molar-refractivity contribution in [3.8, 4) is 5.75 Å². The van der Waals surface area contributed by atoms with E-state index >= 15 is 0 Å². The minimum Gasteiger partial charge on any atom is -0.497 e. The molecule has 2 aliphatic heterocycles. The van der Waals surface area contributed by atoms with Crippen molar-refractivity contribution in [2.75, 3.05) is 20.2 Å². The fraction of sp³-hybridized carbons (Fsp3) is 0.400. The SMILES string of the molecule is COc1cccc(CN2CCC3(CC2)CC(c2cccnc2)=NO3)c1. The molecule has 1 aromatic heterocycles. The molecule has 0 amide bonds. The maximum Gasteiger partial charge on any atom is 0.145 e. The number of rotatable bonds is 4. The third kappa shape index (κ3) is 3.51. The number of ether oxygens (including phenoxy) is 1. The van der Waals surface area contributed by atoms with Crippen molar-refractivity contribution in [2.45, 2.75) is 31.4 Å². The van der Waals surface area contributed by atoms with Crippen LogP contribution in [0.25, 0.3) is 0 Å². The Hall–Kier alpha value is -2.40. The summed E-state index contributed by atoms with van der Waals surface area (Å²) in [6.45, 7) is 2.99. The van der Waals surface area contributed by atoms with E-state index in [0.717, 1.165) is 55.9 Å². The Bertz CT molecular complexity index is 753. The number of pyridine rings is 1. The van der Waals surface area contributed by atoms with Crippen molar-refractivity contribution in [3.05, 3.63) is 59.9 Å². The first kappa shape index (κ1) is 16.1. The zero-order valence-electron chi connectivity index (χ0n) is 14.5. The number of aromatic nitrogens is 1. The lowest BCUT2D eigenvalue weighted by Crippen LogP contribution is -2.44. The number of oxime groups is 1. The lowest BCUT2D eigenvalue weighted by atomic mass is 9.85. The van der Waals surface area contributed by atoms with Crippen molar-refractivity contribution in [1.82, 2.24) is 9.88 Å². The van der Waals surface area contributed by atoms with Gasteiger partial charge in [-0.3, -0.25) is 9.88 Å². The van der Waals surface area contributed by atoms with Crippen LogP contribution >= 0.6 is 0 Å². The molecule has 3 heterocycles. The van der Waals surface area contributed by atoms with Gasteiger partial charge in [-0.2, -0.15) is 0 Å². The molecule has 1 saturated heterocycles. The minimum absolute atomic E-state index is 0.129. The van der Waals surface area contributed by atoms with Gasteiger partial charge in [0, 0.05) is 56.9 Å². The van der Waals surface area contributed by atoms with Gasteiger partial charge < -0.3 is 9.57 Å². The summed E-state index contributed by atoms with van der Waals surface area (Å²) in [5, 5.41) is 4.36. The average molecular weight is 337 g/mol. The van der Waals surface area contributed by atoms with Crippen LogP contribution in [0.4, 0.5) is 0 Å². The maximum absolute atomic E-state index is 5.90. The second-order valence-electron chi connectivity index (χ2n) is 6.86. The number of hydrogen-bond acceptors (Lipinski definition) is 5. The van der Waals surface area contributed by atoms with Crippen molar-refractivity contribution in [2.24, 2.45) is 5.16 Å². The van der Waals surface area contributed by atoms with Gasteiger partial charge in [0.25, 0.3) is 0 Å². The standard InChI is InChI=1S/C20H23N3O2/c1-24-18-6-2-4-16(12-18)15-23-10-7-20(8-11-23)13-19(22-25-20)17-5-3-9-21-14-17/h2-6,9,12,14H,7-8,10-11,13,15H2,1H3. The Morgan fingerprint density at radius 3 is 2.84 bits per heavy atom. The van der Waals surface area contributed by atoms with Crippen LogP contribution in [0, 0.1) is 0 Å². The smallest absolute Gasteiger partial charge is 0.145 e. The Balaban J connectivity index is 1.34. The monoisotopic (exact) mass is 337 g/mol. The van der Waals surface area contributed by atoms with Gasteiger partial charge in [0.1, 0.15) is 11.4 Å². The van der Waals surface area contributed by atoms with Crippen LogP contribution in [-0.2, 0) is 11.4 Å². The van der Waals surface area contributed by atoms with Gasteiger partial charge in [-0.15, -0.1) is 0 Å². The summed E-state index contributed by atoms with van der Waals surface area (Å²) in [5.41, 5.74) is 3.25. The Morgan fingerprint density at radius 1 is 1.20 bits per heavy atom. The molecule has 0 bridgehead atoms. The predicted octanol–water partition coefficient (Wildman–Crippen LogP) is 3.25. The summed E-state index contributed by atoms with van der Waals surface area (Å²) in [5.74, 6) is 0.916. The Kier molecular flexibility index (Phi) is 4.40. The van der Waals surface area contributed by atoms with E-state index in [4.69, 9.17) is 9.57 Å². The van der Waals surface area contributed by atoms with Gasteiger partial charge in [0.15, 0.2) is 0 Å². The molecule has 0 radical (unpaired) electrons. The predicted molar refractivity (Wildman–Crippen MR) is 96.7 cm³/mol. The second kappa shape index (κ2) is 6.84. The number of methoxy groups -OCH3 is 1. The third-order valence-corrected chi connectivity index (χ3v) is 5.14. The number of hydrogen-bond donors (Lipinski definition) is 0. The van der Waals surface area contributed by atoms with Gasteiger partial charge in [-0.05, 0) is 29.8 Å². The van der Waals surface area contributed by atoms with Gasteiger partial charge in [-0.25, -0.2) is 0 Å². The molecule has 4 rings (SSSR count). The van der Waals surface area contributed by atoms with Crippen molar-refractivity contribution in [3.63, 3.8) is 0 Å². The van der Waals surface area contributed by atoms with Crippen LogP contribution in [0.1, 0.15) is 30.4 Å². The highest BCUT2D eigenvalue weighted by atomic mass is 16.7. The molecule has 130 valence electrons. The number of piperidine rings is 1. The highest BCUT2D eigenvalue weighted by Gasteiger charge is 2.42. The molecule has 0 aliphatic carbocycles. The topological polar surface area (TPSA) is 47.0 Å². The van der Waals surface area contributed by atoms with Crippen LogP contribution in [0.15, 0.2) is 53.9 Å². The summed E-state index contributed by atoms with van der Waals surface area (Å²) in [4.78, 5) is 12.6. The van der Waals surface area contributed by atoms with Crippen LogP contribution in [-0.4, -0.2) is 41.4 Å². The van der Waals surface area contributed by atoms with Crippen LogP contribution < -0.4 is 4.74 Å². The zero-order chi connectivity index (χ0) is 17.1. The summed E-state index contributed by atoms with van der Waals surface area (Å²) in [6, 6.07) is 12.3. The Labute approximate surface area is 148 Å². The molecule has 0 atom stereocenters. The molecule has 1 aromatic carbocycles.